The van der Waals surface area contributed by atoms with Crippen LogP contribution < -0.4 is 0 Å². The lowest BCUT2D eigenvalue weighted by Gasteiger charge is -2.27. The molecule has 1 heterocycles. The van der Waals surface area contributed by atoms with Gasteiger partial charge in [-0.25, -0.2) is 9.80 Å². The second-order valence-electron chi connectivity index (χ2n) is 7.29. The molecule has 0 unspecified atom stereocenters. The average molecular weight is 295 g/mol. The number of hydrazone groups is 1. The second kappa shape index (κ2) is 6.03. The van der Waals surface area contributed by atoms with Crippen molar-refractivity contribution < 1.29 is 14.7 Å². The molecule has 0 atom stereocenters. The van der Waals surface area contributed by atoms with Gasteiger partial charge in [-0.05, 0) is 17.8 Å². The van der Waals surface area contributed by atoms with Crippen molar-refractivity contribution in [2.45, 2.75) is 46.5 Å². The fourth-order valence-electron chi connectivity index (χ4n) is 2.49. The molecule has 1 aliphatic carbocycles. The van der Waals surface area contributed by atoms with Crippen LogP contribution in [0.1, 0.15) is 46.5 Å². The molecule has 0 aromatic carbocycles. The molecule has 6 heteroatoms. The van der Waals surface area contributed by atoms with Gasteiger partial charge in [0.1, 0.15) is 0 Å². The van der Waals surface area contributed by atoms with Crippen molar-refractivity contribution in [3.05, 3.63) is 0 Å². The number of carbonyl (C=O) groups is 2. The van der Waals surface area contributed by atoms with Gasteiger partial charge in [-0.1, -0.05) is 33.6 Å². The van der Waals surface area contributed by atoms with Crippen LogP contribution in [0.2, 0.25) is 0 Å². The van der Waals surface area contributed by atoms with E-state index in [0.717, 1.165) is 12.3 Å². The average Bonchev–Trinajstić information content (AvgIpc) is 3.09. The Morgan fingerprint density at radius 1 is 1.43 bits per heavy atom. The minimum atomic E-state index is -0.962. The molecule has 1 N–H and O–H groups in total. The minimum absolute atomic E-state index is 0.00764. The lowest BCUT2D eigenvalue weighted by Crippen LogP contribution is -2.40. The Morgan fingerprint density at radius 3 is 2.62 bits per heavy atom. The van der Waals surface area contributed by atoms with Crippen molar-refractivity contribution in [1.29, 1.82) is 0 Å². The van der Waals surface area contributed by atoms with Crippen LogP contribution in [0, 0.1) is 11.3 Å². The lowest BCUT2D eigenvalue weighted by molar-refractivity contribution is -0.128. The van der Waals surface area contributed by atoms with Crippen LogP contribution in [0.25, 0.3) is 0 Å². The normalized spacial score (nSPS) is 18.9. The Bertz CT molecular complexity index is 450. The van der Waals surface area contributed by atoms with Gasteiger partial charge in [0.15, 0.2) is 0 Å². The molecule has 0 saturated heterocycles. The van der Waals surface area contributed by atoms with Gasteiger partial charge in [-0.15, -0.1) is 0 Å². The number of hydrogen-bond donors (Lipinski definition) is 1. The van der Waals surface area contributed by atoms with E-state index in [-0.39, 0.29) is 24.3 Å². The number of carboxylic acid groups (broad SMARTS) is 1. The predicted molar refractivity (Wildman–Crippen MR) is 80.2 cm³/mol. The Labute approximate surface area is 125 Å². The molecule has 2 rings (SSSR count). The molecule has 0 aromatic rings. The summed E-state index contributed by atoms with van der Waals surface area (Å²) in [4.78, 5) is 24.6. The maximum atomic E-state index is 11.9. The van der Waals surface area contributed by atoms with Gasteiger partial charge in [0.2, 0.25) is 5.91 Å². The van der Waals surface area contributed by atoms with Crippen LogP contribution in [0.4, 0.5) is 4.79 Å². The maximum absolute atomic E-state index is 11.9. The molecule has 21 heavy (non-hydrogen) atoms. The summed E-state index contributed by atoms with van der Waals surface area (Å²) >= 11 is 0. The van der Waals surface area contributed by atoms with Gasteiger partial charge in [0.25, 0.3) is 0 Å². The van der Waals surface area contributed by atoms with Crippen LogP contribution in [0.5, 0.6) is 0 Å². The third-order valence-electron chi connectivity index (χ3n) is 3.66. The molecule has 1 saturated carbocycles. The first-order chi connectivity index (χ1) is 9.74. The molecule has 6 nitrogen and oxygen atoms in total. The van der Waals surface area contributed by atoms with Crippen LogP contribution in [0.15, 0.2) is 5.10 Å². The molecule has 0 aromatic heterocycles. The Kier molecular flexibility index (Phi) is 4.54. The second-order valence-corrected chi connectivity index (χ2v) is 7.29. The largest absolute Gasteiger partial charge is 0.465 e. The topological polar surface area (TPSA) is 73.2 Å². The summed E-state index contributed by atoms with van der Waals surface area (Å²) in [6.45, 7) is 7.29. The Hall–Kier alpha value is -1.59. The molecular formula is C15H25N3O3. The number of amides is 2. The fraction of sp³-hybridized carbons (Fsp3) is 0.800. The van der Waals surface area contributed by atoms with Crippen molar-refractivity contribution in [3.8, 4) is 0 Å². The molecular weight excluding hydrogens is 270 g/mol. The highest BCUT2D eigenvalue weighted by atomic mass is 16.4. The van der Waals surface area contributed by atoms with Gasteiger partial charge in [0, 0.05) is 13.1 Å². The predicted octanol–water partition coefficient (Wildman–Crippen LogP) is 2.40. The highest BCUT2D eigenvalue weighted by Gasteiger charge is 2.29. The monoisotopic (exact) mass is 295 g/mol. The smallest absolute Gasteiger partial charge is 0.407 e. The van der Waals surface area contributed by atoms with Crippen molar-refractivity contribution >= 4 is 17.7 Å². The van der Waals surface area contributed by atoms with E-state index in [1.54, 1.807) is 0 Å². The Balaban J connectivity index is 1.91. The molecule has 0 bridgehead atoms. The first kappa shape index (κ1) is 15.8. The highest BCUT2D eigenvalue weighted by Crippen LogP contribution is 2.32. The summed E-state index contributed by atoms with van der Waals surface area (Å²) in [5.74, 6) is 0.750. The van der Waals surface area contributed by atoms with Crippen molar-refractivity contribution in [2.75, 3.05) is 19.6 Å². The van der Waals surface area contributed by atoms with E-state index in [2.05, 4.69) is 5.10 Å². The van der Waals surface area contributed by atoms with Crippen molar-refractivity contribution in [2.24, 2.45) is 16.4 Å². The van der Waals surface area contributed by atoms with E-state index in [4.69, 9.17) is 0 Å². The molecule has 2 amide bonds. The van der Waals surface area contributed by atoms with E-state index in [9.17, 15) is 14.7 Å². The summed E-state index contributed by atoms with van der Waals surface area (Å²) in [5, 5.41) is 15.1. The molecule has 2 aliphatic rings. The van der Waals surface area contributed by atoms with Crippen LogP contribution >= 0.6 is 0 Å². The zero-order chi connectivity index (χ0) is 15.6. The fourth-order valence-corrected chi connectivity index (χ4v) is 2.49. The van der Waals surface area contributed by atoms with E-state index < -0.39 is 6.09 Å². The van der Waals surface area contributed by atoms with E-state index >= 15 is 0 Å². The first-order valence-corrected chi connectivity index (χ1v) is 7.59. The van der Waals surface area contributed by atoms with Crippen LogP contribution in [0.3, 0.4) is 0 Å². The minimum Gasteiger partial charge on any atom is -0.465 e. The number of nitrogens with zero attached hydrogens (tertiary/aromatic N) is 3. The Morgan fingerprint density at radius 2 is 2.10 bits per heavy atom. The summed E-state index contributed by atoms with van der Waals surface area (Å²) < 4.78 is 0. The number of carbonyl (C=O) groups excluding carboxylic acids is 1. The maximum Gasteiger partial charge on any atom is 0.407 e. The van der Waals surface area contributed by atoms with Gasteiger partial charge >= 0.3 is 6.09 Å². The van der Waals surface area contributed by atoms with Crippen LogP contribution in [-0.4, -0.2) is 52.4 Å². The van der Waals surface area contributed by atoms with Crippen molar-refractivity contribution in [3.63, 3.8) is 0 Å². The van der Waals surface area contributed by atoms with Crippen molar-refractivity contribution in [1.82, 2.24) is 9.91 Å². The van der Waals surface area contributed by atoms with E-state index in [1.807, 2.05) is 20.8 Å². The van der Waals surface area contributed by atoms with E-state index in [0.29, 0.717) is 18.8 Å². The molecule has 1 fully saturated rings. The summed E-state index contributed by atoms with van der Waals surface area (Å²) in [5.41, 5.74) is 0.537. The molecule has 0 spiro atoms. The third kappa shape index (κ3) is 5.02. The SMILES string of the molecule is CC(C)(C)CN(CC1=NN(CCC2CC2)C(=O)C1)C(=O)O. The number of hydrogen-bond acceptors (Lipinski definition) is 3. The summed E-state index contributed by atoms with van der Waals surface area (Å²) in [7, 11) is 0. The van der Waals surface area contributed by atoms with Gasteiger partial charge in [0.05, 0.1) is 18.7 Å². The van der Waals surface area contributed by atoms with Gasteiger partial charge < -0.3 is 10.0 Å². The van der Waals surface area contributed by atoms with Gasteiger partial charge in [-0.3, -0.25) is 4.79 Å². The molecule has 1 aliphatic heterocycles. The van der Waals surface area contributed by atoms with Gasteiger partial charge in [-0.2, -0.15) is 5.10 Å². The zero-order valence-electron chi connectivity index (χ0n) is 13.1. The standard InChI is InChI=1S/C15H25N3O3/c1-15(2,3)10-17(14(20)21)9-12-8-13(19)18(16-12)7-6-11-4-5-11/h11H,4-10H2,1-3H3,(H,20,21). The van der Waals surface area contributed by atoms with Crippen LogP contribution in [-0.2, 0) is 4.79 Å². The summed E-state index contributed by atoms with van der Waals surface area (Å²) in [6.07, 6.45) is 2.82. The third-order valence-corrected chi connectivity index (χ3v) is 3.66. The van der Waals surface area contributed by atoms with E-state index in [1.165, 1.54) is 22.8 Å². The quantitative estimate of drug-likeness (QED) is 0.817. The first-order valence-electron chi connectivity index (χ1n) is 7.59. The molecule has 0 radical (unpaired) electrons. The number of rotatable bonds is 6. The molecule has 118 valence electrons. The summed E-state index contributed by atoms with van der Waals surface area (Å²) in [6, 6.07) is 0. The highest BCUT2D eigenvalue weighted by molar-refractivity contribution is 6.06. The lowest BCUT2D eigenvalue weighted by atomic mass is 9.96. The zero-order valence-corrected chi connectivity index (χ0v) is 13.1.